The van der Waals surface area contributed by atoms with E-state index in [0.29, 0.717) is 5.92 Å². The van der Waals surface area contributed by atoms with Gasteiger partial charge < -0.3 is 9.47 Å². The maximum Gasteiger partial charge on any atom is 0.198 e. The molecule has 2 atom stereocenters. The summed E-state index contributed by atoms with van der Waals surface area (Å²) in [5.41, 5.74) is 0. The SMILES string of the molecule is C=COC1CCC(C)CO1. The van der Waals surface area contributed by atoms with E-state index in [9.17, 15) is 0 Å². The van der Waals surface area contributed by atoms with Crippen molar-refractivity contribution in [3.8, 4) is 0 Å². The number of hydrogen-bond acceptors (Lipinski definition) is 2. The molecule has 1 heterocycles. The van der Waals surface area contributed by atoms with E-state index >= 15 is 0 Å². The average Bonchev–Trinajstić information content (AvgIpc) is 1.95. The summed E-state index contributed by atoms with van der Waals surface area (Å²) in [6.07, 6.45) is 3.60. The summed E-state index contributed by atoms with van der Waals surface area (Å²) in [5.74, 6) is 0.685. The Morgan fingerprint density at radius 2 is 2.40 bits per heavy atom. The minimum atomic E-state index is -0.0336. The predicted molar refractivity (Wildman–Crippen MR) is 39.4 cm³/mol. The van der Waals surface area contributed by atoms with Crippen LogP contribution in [0.5, 0.6) is 0 Å². The lowest BCUT2D eigenvalue weighted by Crippen LogP contribution is -2.25. The molecule has 1 rings (SSSR count). The van der Waals surface area contributed by atoms with Gasteiger partial charge in [0, 0.05) is 6.42 Å². The fourth-order valence-corrected chi connectivity index (χ4v) is 1.07. The number of hydrogen-bond donors (Lipinski definition) is 0. The fourth-order valence-electron chi connectivity index (χ4n) is 1.07. The van der Waals surface area contributed by atoms with E-state index in [1.54, 1.807) is 0 Å². The summed E-state index contributed by atoms with van der Waals surface area (Å²) < 4.78 is 10.4. The van der Waals surface area contributed by atoms with E-state index in [2.05, 4.69) is 13.5 Å². The molecule has 1 fully saturated rings. The van der Waals surface area contributed by atoms with Gasteiger partial charge in [-0.2, -0.15) is 0 Å². The highest BCUT2D eigenvalue weighted by molar-refractivity contribution is 4.63. The van der Waals surface area contributed by atoms with Crippen LogP contribution in [0.1, 0.15) is 19.8 Å². The zero-order valence-corrected chi connectivity index (χ0v) is 6.38. The van der Waals surface area contributed by atoms with E-state index in [0.717, 1.165) is 13.0 Å². The van der Waals surface area contributed by atoms with E-state index in [-0.39, 0.29) is 6.29 Å². The Morgan fingerprint density at radius 3 is 2.90 bits per heavy atom. The normalized spacial score (nSPS) is 33.3. The molecule has 0 spiro atoms. The second kappa shape index (κ2) is 3.62. The van der Waals surface area contributed by atoms with Crippen molar-refractivity contribution in [3.05, 3.63) is 12.8 Å². The first-order valence-corrected chi connectivity index (χ1v) is 3.71. The Labute approximate surface area is 61.8 Å². The molecule has 0 amide bonds. The van der Waals surface area contributed by atoms with Gasteiger partial charge in [-0.25, -0.2) is 0 Å². The van der Waals surface area contributed by atoms with E-state index < -0.39 is 0 Å². The van der Waals surface area contributed by atoms with E-state index in [1.165, 1.54) is 12.7 Å². The number of rotatable bonds is 2. The lowest BCUT2D eigenvalue weighted by Gasteiger charge is -2.25. The van der Waals surface area contributed by atoms with Crippen LogP contribution in [0.2, 0.25) is 0 Å². The summed E-state index contributed by atoms with van der Waals surface area (Å²) >= 11 is 0. The monoisotopic (exact) mass is 142 g/mol. The Bertz CT molecular complexity index is 104. The van der Waals surface area contributed by atoms with Crippen molar-refractivity contribution in [1.82, 2.24) is 0 Å². The Kier molecular flexibility index (Phi) is 2.75. The number of ether oxygens (including phenoxy) is 2. The molecule has 0 bridgehead atoms. The van der Waals surface area contributed by atoms with Crippen molar-refractivity contribution in [2.24, 2.45) is 5.92 Å². The third-order valence-corrected chi connectivity index (χ3v) is 1.71. The highest BCUT2D eigenvalue weighted by Crippen LogP contribution is 2.18. The summed E-state index contributed by atoms with van der Waals surface area (Å²) in [4.78, 5) is 0. The second-order valence-electron chi connectivity index (χ2n) is 2.75. The molecule has 1 saturated heterocycles. The van der Waals surface area contributed by atoms with Gasteiger partial charge in [0.15, 0.2) is 6.29 Å². The van der Waals surface area contributed by atoms with Crippen LogP contribution in [0.3, 0.4) is 0 Å². The van der Waals surface area contributed by atoms with Crippen LogP contribution in [-0.4, -0.2) is 12.9 Å². The smallest absolute Gasteiger partial charge is 0.198 e. The summed E-state index contributed by atoms with van der Waals surface area (Å²) in [5, 5.41) is 0. The fraction of sp³-hybridized carbons (Fsp3) is 0.750. The summed E-state index contributed by atoms with van der Waals surface area (Å²) in [6.45, 7) is 6.47. The van der Waals surface area contributed by atoms with Crippen molar-refractivity contribution in [2.45, 2.75) is 26.1 Å². The third kappa shape index (κ3) is 2.03. The molecule has 1 aliphatic rings. The molecule has 10 heavy (non-hydrogen) atoms. The van der Waals surface area contributed by atoms with Gasteiger partial charge >= 0.3 is 0 Å². The molecule has 0 aromatic heterocycles. The molecule has 2 heteroatoms. The summed E-state index contributed by atoms with van der Waals surface area (Å²) in [6, 6.07) is 0. The maximum absolute atomic E-state index is 5.34. The van der Waals surface area contributed by atoms with Crippen LogP contribution in [0.4, 0.5) is 0 Å². The molecular weight excluding hydrogens is 128 g/mol. The van der Waals surface area contributed by atoms with Crippen LogP contribution in [-0.2, 0) is 9.47 Å². The zero-order valence-electron chi connectivity index (χ0n) is 6.38. The minimum absolute atomic E-state index is 0.0336. The van der Waals surface area contributed by atoms with Crippen LogP contribution < -0.4 is 0 Å². The molecule has 0 saturated carbocycles. The molecule has 2 unspecified atom stereocenters. The zero-order chi connectivity index (χ0) is 7.40. The van der Waals surface area contributed by atoms with Crippen molar-refractivity contribution >= 4 is 0 Å². The van der Waals surface area contributed by atoms with Gasteiger partial charge in [-0.15, -0.1) is 0 Å². The van der Waals surface area contributed by atoms with Gasteiger partial charge in [-0.05, 0) is 12.3 Å². The second-order valence-corrected chi connectivity index (χ2v) is 2.75. The molecule has 1 aliphatic heterocycles. The van der Waals surface area contributed by atoms with Gasteiger partial charge in [0.25, 0.3) is 0 Å². The molecule has 0 radical (unpaired) electrons. The molecular formula is C8H14O2. The van der Waals surface area contributed by atoms with E-state index in [4.69, 9.17) is 9.47 Å². The van der Waals surface area contributed by atoms with Crippen molar-refractivity contribution in [2.75, 3.05) is 6.61 Å². The van der Waals surface area contributed by atoms with Gasteiger partial charge in [0.2, 0.25) is 0 Å². The van der Waals surface area contributed by atoms with Gasteiger partial charge in [-0.1, -0.05) is 13.5 Å². The Balaban J connectivity index is 2.19. The first-order valence-electron chi connectivity index (χ1n) is 3.71. The predicted octanol–water partition coefficient (Wildman–Crippen LogP) is 1.92. The minimum Gasteiger partial charge on any atom is -0.473 e. The highest BCUT2D eigenvalue weighted by Gasteiger charge is 2.17. The van der Waals surface area contributed by atoms with Crippen LogP contribution >= 0.6 is 0 Å². The molecule has 0 aliphatic carbocycles. The first-order chi connectivity index (χ1) is 4.83. The largest absolute Gasteiger partial charge is 0.473 e. The Morgan fingerprint density at radius 1 is 1.60 bits per heavy atom. The van der Waals surface area contributed by atoms with Crippen LogP contribution in [0.15, 0.2) is 12.8 Å². The topological polar surface area (TPSA) is 18.5 Å². The van der Waals surface area contributed by atoms with Crippen LogP contribution in [0.25, 0.3) is 0 Å². The molecule has 0 aromatic carbocycles. The highest BCUT2D eigenvalue weighted by atomic mass is 16.7. The third-order valence-electron chi connectivity index (χ3n) is 1.71. The lowest BCUT2D eigenvalue weighted by atomic mass is 10.0. The standard InChI is InChI=1S/C8H14O2/c1-3-9-8-5-4-7(2)6-10-8/h3,7-8H,1,4-6H2,2H3. The lowest BCUT2D eigenvalue weighted by molar-refractivity contribution is -0.143. The average molecular weight is 142 g/mol. The molecule has 58 valence electrons. The molecule has 2 nitrogen and oxygen atoms in total. The van der Waals surface area contributed by atoms with Gasteiger partial charge in [0.1, 0.15) is 0 Å². The molecule has 0 aromatic rings. The van der Waals surface area contributed by atoms with Crippen molar-refractivity contribution < 1.29 is 9.47 Å². The van der Waals surface area contributed by atoms with Crippen molar-refractivity contribution in [1.29, 1.82) is 0 Å². The first kappa shape index (κ1) is 7.61. The van der Waals surface area contributed by atoms with Crippen LogP contribution in [0, 0.1) is 5.92 Å². The van der Waals surface area contributed by atoms with Gasteiger partial charge in [0.05, 0.1) is 12.9 Å². The van der Waals surface area contributed by atoms with Gasteiger partial charge in [-0.3, -0.25) is 0 Å². The van der Waals surface area contributed by atoms with E-state index in [1.807, 2.05) is 0 Å². The Hall–Kier alpha value is -0.500. The maximum atomic E-state index is 5.34. The van der Waals surface area contributed by atoms with Crippen molar-refractivity contribution in [3.63, 3.8) is 0 Å². The molecule has 0 N–H and O–H groups in total. The quantitative estimate of drug-likeness (QED) is 0.548. The summed E-state index contributed by atoms with van der Waals surface area (Å²) in [7, 11) is 0.